The molecule has 0 amide bonds. The predicted molar refractivity (Wildman–Crippen MR) is 86.2 cm³/mol. The molecule has 0 aliphatic heterocycles. The maximum Gasteiger partial charge on any atom is 0.0665 e. The standard InChI is InChI=1S/C17H12BrCl/c18-17(15-9-3-4-11-16(15)19)14-10-5-7-12-6-1-2-8-13(12)14/h1-11,17H. The zero-order chi connectivity index (χ0) is 13.2. The van der Waals surface area contributed by atoms with Crippen LogP contribution in [0.4, 0.5) is 0 Å². The zero-order valence-electron chi connectivity index (χ0n) is 10.2. The lowest BCUT2D eigenvalue weighted by molar-refractivity contribution is 1.20. The SMILES string of the molecule is Clc1ccccc1C(Br)c1cccc2ccccc12. The zero-order valence-corrected chi connectivity index (χ0v) is 12.5. The predicted octanol–water partition coefficient (Wildman–Crippen LogP) is 5.98. The molecule has 3 aromatic carbocycles. The Bertz CT molecular complexity index is 716. The highest BCUT2D eigenvalue weighted by atomic mass is 79.9. The van der Waals surface area contributed by atoms with Crippen LogP contribution < -0.4 is 0 Å². The molecule has 1 atom stereocenters. The largest absolute Gasteiger partial charge is 0.0840 e. The second kappa shape index (κ2) is 5.36. The lowest BCUT2D eigenvalue weighted by Crippen LogP contribution is -1.94. The maximum atomic E-state index is 6.29. The molecule has 3 rings (SSSR count). The molecule has 0 radical (unpaired) electrons. The van der Waals surface area contributed by atoms with Crippen molar-refractivity contribution < 1.29 is 0 Å². The highest BCUT2D eigenvalue weighted by molar-refractivity contribution is 9.09. The number of hydrogen-bond donors (Lipinski definition) is 0. The van der Waals surface area contributed by atoms with Crippen molar-refractivity contribution in [1.29, 1.82) is 0 Å². The fourth-order valence-corrected chi connectivity index (χ4v) is 3.49. The van der Waals surface area contributed by atoms with Crippen molar-refractivity contribution in [3.05, 3.63) is 82.9 Å². The van der Waals surface area contributed by atoms with Gasteiger partial charge in [-0.1, -0.05) is 88.2 Å². The van der Waals surface area contributed by atoms with Crippen molar-refractivity contribution in [2.45, 2.75) is 4.83 Å². The molecular formula is C17H12BrCl. The molecule has 0 heterocycles. The summed E-state index contributed by atoms with van der Waals surface area (Å²) in [7, 11) is 0. The molecule has 0 saturated heterocycles. The summed E-state index contributed by atoms with van der Waals surface area (Å²) in [4.78, 5) is 0.104. The third-order valence-corrected chi connectivity index (χ3v) is 4.61. The van der Waals surface area contributed by atoms with E-state index in [2.05, 4.69) is 64.5 Å². The summed E-state index contributed by atoms with van der Waals surface area (Å²) in [5.41, 5.74) is 2.34. The Morgan fingerprint density at radius 3 is 2.21 bits per heavy atom. The summed E-state index contributed by atoms with van der Waals surface area (Å²) < 4.78 is 0. The van der Waals surface area contributed by atoms with Gasteiger partial charge < -0.3 is 0 Å². The van der Waals surface area contributed by atoms with Crippen molar-refractivity contribution in [3.63, 3.8) is 0 Å². The van der Waals surface area contributed by atoms with E-state index < -0.39 is 0 Å². The van der Waals surface area contributed by atoms with E-state index in [4.69, 9.17) is 11.6 Å². The molecule has 0 saturated carbocycles. The maximum absolute atomic E-state index is 6.29. The minimum absolute atomic E-state index is 0.104. The van der Waals surface area contributed by atoms with Crippen LogP contribution in [0.25, 0.3) is 10.8 Å². The van der Waals surface area contributed by atoms with Crippen LogP contribution in [0.3, 0.4) is 0 Å². The molecule has 94 valence electrons. The van der Waals surface area contributed by atoms with E-state index in [0.29, 0.717) is 0 Å². The first kappa shape index (κ1) is 12.7. The summed E-state index contributed by atoms with van der Waals surface area (Å²) in [5.74, 6) is 0. The van der Waals surface area contributed by atoms with Gasteiger partial charge >= 0.3 is 0 Å². The van der Waals surface area contributed by atoms with E-state index in [0.717, 1.165) is 10.6 Å². The number of rotatable bonds is 2. The Labute approximate surface area is 126 Å². The van der Waals surface area contributed by atoms with Crippen molar-refractivity contribution in [2.75, 3.05) is 0 Å². The summed E-state index contributed by atoms with van der Waals surface area (Å²) >= 11 is 10.1. The van der Waals surface area contributed by atoms with Gasteiger partial charge in [-0.25, -0.2) is 0 Å². The molecule has 3 aromatic rings. The average Bonchev–Trinajstić information content (AvgIpc) is 2.46. The van der Waals surface area contributed by atoms with Crippen LogP contribution in [0.1, 0.15) is 16.0 Å². The lowest BCUT2D eigenvalue weighted by Gasteiger charge is -2.15. The van der Waals surface area contributed by atoms with Crippen LogP contribution in [0.2, 0.25) is 5.02 Å². The highest BCUT2D eigenvalue weighted by Gasteiger charge is 2.15. The van der Waals surface area contributed by atoms with Gasteiger partial charge in [-0.05, 0) is 28.0 Å². The molecule has 0 bridgehead atoms. The Kier molecular flexibility index (Phi) is 3.58. The summed E-state index contributed by atoms with van der Waals surface area (Å²) in [6.45, 7) is 0. The van der Waals surface area contributed by atoms with Gasteiger partial charge in [0.15, 0.2) is 0 Å². The molecule has 2 heteroatoms. The van der Waals surface area contributed by atoms with Gasteiger partial charge in [-0.2, -0.15) is 0 Å². The third-order valence-electron chi connectivity index (χ3n) is 3.27. The number of benzene rings is 3. The van der Waals surface area contributed by atoms with Crippen molar-refractivity contribution in [3.8, 4) is 0 Å². The minimum Gasteiger partial charge on any atom is -0.0840 e. The first-order valence-electron chi connectivity index (χ1n) is 6.13. The van der Waals surface area contributed by atoms with Crippen LogP contribution in [0.5, 0.6) is 0 Å². The first-order chi connectivity index (χ1) is 9.27. The highest BCUT2D eigenvalue weighted by Crippen LogP contribution is 2.38. The second-order valence-electron chi connectivity index (χ2n) is 4.45. The van der Waals surface area contributed by atoms with E-state index in [1.54, 1.807) is 0 Å². The van der Waals surface area contributed by atoms with Crippen molar-refractivity contribution >= 4 is 38.3 Å². The molecule has 0 aliphatic rings. The molecule has 0 nitrogen and oxygen atoms in total. The van der Waals surface area contributed by atoms with Gasteiger partial charge in [0.2, 0.25) is 0 Å². The van der Waals surface area contributed by atoms with Crippen molar-refractivity contribution in [1.82, 2.24) is 0 Å². The molecule has 0 spiro atoms. The fraction of sp³-hybridized carbons (Fsp3) is 0.0588. The number of alkyl halides is 1. The minimum atomic E-state index is 0.104. The lowest BCUT2D eigenvalue weighted by atomic mass is 9.98. The Morgan fingerprint density at radius 2 is 1.37 bits per heavy atom. The number of hydrogen-bond acceptors (Lipinski definition) is 0. The van der Waals surface area contributed by atoms with Crippen LogP contribution in [-0.2, 0) is 0 Å². The van der Waals surface area contributed by atoms with Crippen LogP contribution >= 0.6 is 27.5 Å². The van der Waals surface area contributed by atoms with Gasteiger partial charge in [-0.15, -0.1) is 0 Å². The molecule has 0 aliphatic carbocycles. The van der Waals surface area contributed by atoms with Crippen LogP contribution in [-0.4, -0.2) is 0 Å². The normalized spacial score (nSPS) is 12.5. The van der Waals surface area contributed by atoms with Crippen LogP contribution in [0.15, 0.2) is 66.7 Å². The van der Waals surface area contributed by atoms with E-state index in [1.807, 2.05) is 18.2 Å². The van der Waals surface area contributed by atoms with E-state index >= 15 is 0 Å². The van der Waals surface area contributed by atoms with E-state index in [1.165, 1.54) is 16.3 Å². The molecule has 1 unspecified atom stereocenters. The summed E-state index contributed by atoms with van der Waals surface area (Å²) in [6, 6.07) is 22.7. The number of halogens is 2. The first-order valence-corrected chi connectivity index (χ1v) is 7.43. The second-order valence-corrected chi connectivity index (χ2v) is 5.78. The van der Waals surface area contributed by atoms with Gasteiger partial charge in [0.25, 0.3) is 0 Å². The quantitative estimate of drug-likeness (QED) is 0.507. The van der Waals surface area contributed by atoms with Gasteiger partial charge in [0.1, 0.15) is 0 Å². The Hall–Kier alpha value is -1.31. The Balaban J connectivity index is 2.17. The topological polar surface area (TPSA) is 0 Å². The van der Waals surface area contributed by atoms with Crippen molar-refractivity contribution in [2.24, 2.45) is 0 Å². The molecular weight excluding hydrogens is 320 g/mol. The smallest absolute Gasteiger partial charge is 0.0665 e. The van der Waals surface area contributed by atoms with Crippen LogP contribution in [0, 0.1) is 0 Å². The van der Waals surface area contributed by atoms with Gasteiger partial charge in [-0.3, -0.25) is 0 Å². The fourth-order valence-electron chi connectivity index (χ4n) is 2.32. The third kappa shape index (κ3) is 2.41. The average molecular weight is 332 g/mol. The Morgan fingerprint density at radius 1 is 0.737 bits per heavy atom. The molecule has 0 fully saturated rings. The number of fused-ring (bicyclic) bond motifs is 1. The molecule has 0 aromatic heterocycles. The summed E-state index contributed by atoms with van der Waals surface area (Å²) in [6.07, 6.45) is 0. The monoisotopic (exact) mass is 330 g/mol. The molecule has 0 N–H and O–H groups in total. The van der Waals surface area contributed by atoms with Gasteiger partial charge in [0, 0.05) is 5.02 Å². The van der Waals surface area contributed by atoms with E-state index in [-0.39, 0.29) is 4.83 Å². The summed E-state index contributed by atoms with van der Waals surface area (Å²) in [5, 5.41) is 3.29. The van der Waals surface area contributed by atoms with E-state index in [9.17, 15) is 0 Å². The molecule has 19 heavy (non-hydrogen) atoms. The van der Waals surface area contributed by atoms with Gasteiger partial charge in [0.05, 0.1) is 4.83 Å².